The lowest BCUT2D eigenvalue weighted by atomic mass is 10.1. The summed E-state index contributed by atoms with van der Waals surface area (Å²) < 4.78 is 5.80. The zero-order valence-electron chi connectivity index (χ0n) is 16.8. The summed E-state index contributed by atoms with van der Waals surface area (Å²) in [5.74, 6) is 0.748. The van der Waals surface area contributed by atoms with Crippen LogP contribution < -0.4 is 4.74 Å². The fourth-order valence-corrected chi connectivity index (χ4v) is 3.76. The molecule has 0 spiro atoms. The van der Waals surface area contributed by atoms with Crippen LogP contribution in [0, 0.1) is 0 Å². The number of halogens is 1. The van der Waals surface area contributed by atoms with Gasteiger partial charge in [0, 0.05) is 37.7 Å². The van der Waals surface area contributed by atoms with Crippen LogP contribution in [0.2, 0.25) is 5.02 Å². The third-order valence-electron chi connectivity index (χ3n) is 5.35. The predicted octanol–water partition coefficient (Wildman–Crippen LogP) is 4.73. The number of amides is 1. The van der Waals surface area contributed by atoms with Gasteiger partial charge in [0.2, 0.25) is 0 Å². The lowest BCUT2D eigenvalue weighted by Crippen LogP contribution is -2.49. The SMILES string of the molecule is O=C(COc1cccc(-c2ccccc2)c1)N1CCN(Cc2ccc(Cl)cc2)CC1. The third-order valence-corrected chi connectivity index (χ3v) is 5.60. The minimum Gasteiger partial charge on any atom is -0.484 e. The first-order chi connectivity index (χ1) is 14.7. The second-order valence-corrected chi connectivity index (χ2v) is 7.90. The number of hydrogen-bond acceptors (Lipinski definition) is 3. The van der Waals surface area contributed by atoms with Gasteiger partial charge in [0.1, 0.15) is 5.75 Å². The summed E-state index contributed by atoms with van der Waals surface area (Å²) in [5, 5.41) is 0.753. The van der Waals surface area contributed by atoms with Crippen LogP contribution in [0.1, 0.15) is 5.56 Å². The molecule has 0 aromatic heterocycles. The number of ether oxygens (including phenoxy) is 1. The van der Waals surface area contributed by atoms with Gasteiger partial charge in [-0.25, -0.2) is 0 Å². The van der Waals surface area contributed by atoms with Crippen LogP contribution >= 0.6 is 11.6 Å². The van der Waals surface area contributed by atoms with Crippen LogP contribution in [0.5, 0.6) is 5.75 Å². The maximum Gasteiger partial charge on any atom is 0.260 e. The molecule has 0 N–H and O–H groups in total. The molecule has 1 aliphatic heterocycles. The van der Waals surface area contributed by atoms with Crippen LogP contribution in [0.15, 0.2) is 78.9 Å². The van der Waals surface area contributed by atoms with E-state index in [1.807, 2.05) is 59.5 Å². The molecule has 1 heterocycles. The molecule has 0 bridgehead atoms. The van der Waals surface area contributed by atoms with Crippen LogP contribution in [-0.2, 0) is 11.3 Å². The minimum atomic E-state index is 0.0336. The Labute approximate surface area is 182 Å². The Morgan fingerprint density at radius 3 is 2.27 bits per heavy atom. The Balaban J connectivity index is 1.26. The van der Waals surface area contributed by atoms with Gasteiger partial charge in [-0.15, -0.1) is 0 Å². The number of carbonyl (C=O) groups is 1. The van der Waals surface area contributed by atoms with Crippen LogP contribution in [0.4, 0.5) is 0 Å². The average molecular weight is 421 g/mol. The molecule has 5 heteroatoms. The molecule has 0 aliphatic carbocycles. The molecule has 1 saturated heterocycles. The van der Waals surface area contributed by atoms with Crippen molar-refractivity contribution in [1.82, 2.24) is 9.80 Å². The van der Waals surface area contributed by atoms with E-state index in [0.717, 1.165) is 48.9 Å². The van der Waals surface area contributed by atoms with Crippen molar-refractivity contribution in [3.8, 4) is 16.9 Å². The predicted molar refractivity (Wildman–Crippen MR) is 121 cm³/mol. The number of rotatable bonds is 6. The van der Waals surface area contributed by atoms with E-state index in [0.29, 0.717) is 5.75 Å². The Bertz CT molecular complexity index is 968. The molecule has 4 nitrogen and oxygen atoms in total. The van der Waals surface area contributed by atoms with Gasteiger partial charge in [0.15, 0.2) is 6.61 Å². The zero-order chi connectivity index (χ0) is 20.8. The van der Waals surface area contributed by atoms with Crippen molar-refractivity contribution in [3.63, 3.8) is 0 Å². The highest BCUT2D eigenvalue weighted by atomic mass is 35.5. The van der Waals surface area contributed by atoms with Crippen molar-refractivity contribution in [1.29, 1.82) is 0 Å². The van der Waals surface area contributed by atoms with E-state index >= 15 is 0 Å². The lowest BCUT2D eigenvalue weighted by molar-refractivity contribution is -0.135. The van der Waals surface area contributed by atoms with Crippen molar-refractivity contribution >= 4 is 17.5 Å². The fourth-order valence-electron chi connectivity index (χ4n) is 3.64. The quantitative estimate of drug-likeness (QED) is 0.578. The molecule has 1 fully saturated rings. The second kappa shape index (κ2) is 9.79. The first-order valence-corrected chi connectivity index (χ1v) is 10.6. The van der Waals surface area contributed by atoms with E-state index in [2.05, 4.69) is 29.2 Å². The number of benzene rings is 3. The highest BCUT2D eigenvalue weighted by Gasteiger charge is 2.21. The Morgan fingerprint density at radius 1 is 0.833 bits per heavy atom. The van der Waals surface area contributed by atoms with E-state index < -0.39 is 0 Å². The summed E-state index contributed by atoms with van der Waals surface area (Å²) in [7, 11) is 0. The number of nitrogens with zero attached hydrogens (tertiary/aromatic N) is 2. The average Bonchev–Trinajstić information content (AvgIpc) is 2.80. The van der Waals surface area contributed by atoms with Gasteiger partial charge in [-0.05, 0) is 41.0 Å². The Hall–Kier alpha value is -2.82. The highest BCUT2D eigenvalue weighted by molar-refractivity contribution is 6.30. The highest BCUT2D eigenvalue weighted by Crippen LogP contribution is 2.23. The summed E-state index contributed by atoms with van der Waals surface area (Å²) in [6.45, 7) is 4.10. The van der Waals surface area contributed by atoms with Crippen molar-refractivity contribution in [2.24, 2.45) is 0 Å². The number of hydrogen-bond donors (Lipinski definition) is 0. The molecule has 0 radical (unpaired) electrons. The Kier molecular flexibility index (Phi) is 6.67. The number of carbonyl (C=O) groups excluding carboxylic acids is 1. The van der Waals surface area contributed by atoms with Crippen molar-refractivity contribution in [2.75, 3.05) is 32.8 Å². The summed E-state index contributed by atoms with van der Waals surface area (Å²) in [4.78, 5) is 16.8. The van der Waals surface area contributed by atoms with Crippen LogP contribution in [-0.4, -0.2) is 48.5 Å². The van der Waals surface area contributed by atoms with Gasteiger partial charge >= 0.3 is 0 Å². The zero-order valence-corrected chi connectivity index (χ0v) is 17.6. The normalized spacial score (nSPS) is 14.5. The first kappa shape index (κ1) is 20.5. The summed E-state index contributed by atoms with van der Waals surface area (Å²) in [6, 6.07) is 26.0. The van der Waals surface area contributed by atoms with Crippen LogP contribution in [0.3, 0.4) is 0 Å². The summed E-state index contributed by atoms with van der Waals surface area (Å²) in [5.41, 5.74) is 3.45. The largest absolute Gasteiger partial charge is 0.484 e. The van der Waals surface area contributed by atoms with Crippen molar-refractivity contribution in [3.05, 3.63) is 89.4 Å². The van der Waals surface area contributed by atoms with E-state index in [1.54, 1.807) is 0 Å². The minimum absolute atomic E-state index is 0.0336. The molecule has 154 valence electrons. The number of piperazine rings is 1. The van der Waals surface area contributed by atoms with E-state index in [4.69, 9.17) is 16.3 Å². The molecule has 0 unspecified atom stereocenters. The fraction of sp³-hybridized carbons (Fsp3) is 0.240. The summed E-state index contributed by atoms with van der Waals surface area (Å²) in [6.07, 6.45) is 0. The van der Waals surface area contributed by atoms with Gasteiger partial charge in [-0.3, -0.25) is 9.69 Å². The molecule has 3 aromatic carbocycles. The molecule has 1 amide bonds. The standard InChI is InChI=1S/C25H25ClN2O2/c26-23-11-9-20(10-12-23)18-27-13-15-28(16-14-27)25(29)19-30-24-8-4-7-22(17-24)21-5-2-1-3-6-21/h1-12,17H,13-16,18-19H2. The molecule has 1 aliphatic rings. The van der Waals surface area contributed by atoms with Gasteiger partial charge < -0.3 is 9.64 Å². The third kappa shape index (κ3) is 5.41. The van der Waals surface area contributed by atoms with Gasteiger partial charge in [-0.1, -0.05) is 66.2 Å². The maximum absolute atomic E-state index is 12.6. The van der Waals surface area contributed by atoms with Gasteiger partial charge in [0.05, 0.1) is 0 Å². The Morgan fingerprint density at radius 2 is 1.53 bits per heavy atom. The van der Waals surface area contributed by atoms with E-state index in [1.165, 1.54) is 5.56 Å². The smallest absolute Gasteiger partial charge is 0.260 e. The lowest BCUT2D eigenvalue weighted by Gasteiger charge is -2.34. The van der Waals surface area contributed by atoms with Gasteiger partial charge in [-0.2, -0.15) is 0 Å². The van der Waals surface area contributed by atoms with Crippen LogP contribution in [0.25, 0.3) is 11.1 Å². The van der Waals surface area contributed by atoms with Crippen molar-refractivity contribution < 1.29 is 9.53 Å². The van der Waals surface area contributed by atoms with Crippen molar-refractivity contribution in [2.45, 2.75) is 6.54 Å². The monoisotopic (exact) mass is 420 g/mol. The molecule has 30 heavy (non-hydrogen) atoms. The first-order valence-electron chi connectivity index (χ1n) is 10.2. The topological polar surface area (TPSA) is 32.8 Å². The van der Waals surface area contributed by atoms with E-state index in [9.17, 15) is 4.79 Å². The molecule has 4 rings (SSSR count). The molecular weight excluding hydrogens is 396 g/mol. The molecular formula is C25H25ClN2O2. The molecule has 3 aromatic rings. The second-order valence-electron chi connectivity index (χ2n) is 7.47. The van der Waals surface area contributed by atoms with E-state index in [-0.39, 0.29) is 12.5 Å². The molecule has 0 saturated carbocycles. The van der Waals surface area contributed by atoms with Gasteiger partial charge in [0.25, 0.3) is 5.91 Å². The summed E-state index contributed by atoms with van der Waals surface area (Å²) >= 11 is 5.95. The maximum atomic E-state index is 12.6. The molecule has 0 atom stereocenters.